The Morgan fingerprint density at radius 1 is 1.26 bits per heavy atom. The third-order valence-corrected chi connectivity index (χ3v) is 5.12. The van der Waals surface area contributed by atoms with Crippen molar-refractivity contribution < 1.29 is 4.79 Å². The first-order valence-corrected chi connectivity index (χ1v) is 8.52. The molecule has 1 aromatic carbocycles. The Balaban J connectivity index is 1.57. The number of carbonyl (C=O) groups excluding carboxylic acids is 1. The monoisotopic (exact) mass is 311 g/mol. The van der Waals surface area contributed by atoms with Crippen LogP contribution in [0.1, 0.15) is 38.7 Å². The van der Waals surface area contributed by atoms with Gasteiger partial charge in [-0.3, -0.25) is 4.79 Å². The van der Waals surface area contributed by atoms with E-state index in [4.69, 9.17) is 0 Å². The quantitative estimate of drug-likeness (QED) is 0.941. The molecule has 1 heterocycles. The van der Waals surface area contributed by atoms with Crippen molar-refractivity contribution >= 4 is 5.91 Å². The maximum absolute atomic E-state index is 12.3. The van der Waals surface area contributed by atoms with Crippen LogP contribution >= 0.6 is 0 Å². The highest BCUT2D eigenvalue weighted by atomic mass is 16.1. The van der Waals surface area contributed by atoms with E-state index in [1.54, 1.807) is 6.20 Å². The maximum atomic E-state index is 12.3. The molecule has 3 rings (SSSR count). The predicted molar refractivity (Wildman–Crippen MR) is 91.4 cm³/mol. The Kier molecular flexibility index (Phi) is 4.79. The summed E-state index contributed by atoms with van der Waals surface area (Å²) in [4.78, 5) is 12.3. The van der Waals surface area contributed by atoms with Gasteiger partial charge in [-0.25, -0.2) is 4.68 Å². The van der Waals surface area contributed by atoms with Gasteiger partial charge in [0.05, 0.1) is 12.1 Å². The van der Waals surface area contributed by atoms with E-state index in [0.717, 1.165) is 17.7 Å². The molecule has 23 heavy (non-hydrogen) atoms. The first kappa shape index (κ1) is 15.8. The van der Waals surface area contributed by atoms with Gasteiger partial charge in [0.2, 0.25) is 5.91 Å². The molecule has 122 valence electrons. The van der Waals surface area contributed by atoms with Crippen LogP contribution in [0.5, 0.6) is 0 Å². The van der Waals surface area contributed by atoms with E-state index >= 15 is 0 Å². The minimum Gasteiger partial charge on any atom is -0.353 e. The lowest BCUT2D eigenvalue weighted by Crippen LogP contribution is -2.44. The Bertz CT molecular complexity index is 633. The average molecular weight is 311 g/mol. The van der Waals surface area contributed by atoms with Gasteiger partial charge in [-0.1, -0.05) is 38.8 Å². The van der Waals surface area contributed by atoms with Crippen LogP contribution in [0.25, 0.3) is 5.69 Å². The minimum absolute atomic E-state index is 0.128. The molecule has 0 saturated heterocycles. The molecular weight excluding hydrogens is 286 g/mol. The van der Waals surface area contributed by atoms with Crippen LogP contribution < -0.4 is 5.32 Å². The van der Waals surface area contributed by atoms with Crippen LogP contribution in [0.15, 0.2) is 42.7 Å². The van der Waals surface area contributed by atoms with Gasteiger partial charge in [0.25, 0.3) is 0 Å². The lowest BCUT2D eigenvalue weighted by Gasteiger charge is -2.34. The van der Waals surface area contributed by atoms with E-state index in [2.05, 4.69) is 24.3 Å². The summed E-state index contributed by atoms with van der Waals surface area (Å²) in [5, 5.41) is 7.44. The molecule has 0 unspecified atom stereocenters. The second-order valence-corrected chi connectivity index (χ2v) is 6.74. The molecule has 1 N–H and O–H groups in total. The Morgan fingerprint density at radius 3 is 2.74 bits per heavy atom. The highest BCUT2D eigenvalue weighted by Crippen LogP contribution is 2.29. The zero-order valence-corrected chi connectivity index (χ0v) is 13.9. The third-order valence-electron chi connectivity index (χ3n) is 5.12. The molecule has 1 fully saturated rings. The highest BCUT2D eigenvalue weighted by Gasteiger charge is 2.27. The summed E-state index contributed by atoms with van der Waals surface area (Å²) in [5.74, 6) is 1.39. The summed E-state index contributed by atoms with van der Waals surface area (Å²) >= 11 is 0. The molecule has 1 aromatic heterocycles. The van der Waals surface area contributed by atoms with Gasteiger partial charge in [0.15, 0.2) is 0 Å². The molecular formula is C19H25N3O. The van der Waals surface area contributed by atoms with Crippen LogP contribution in [0.4, 0.5) is 0 Å². The van der Waals surface area contributed by atoms with Crippen molar-refractivity contribution in [3.05, 3.63) is 48.3 Å². The Labute approximate surface area is 137 Å². The van der Waals surface area contributed by atoms with Crippen molar-refractivity contribution in [3.8, 4) is 5.69 Å². The molecule has 0 aliphatic heterocycles. The Hall–Kier alpha value is -2.10. The first-order valence-electron chi connectivity index (χ1n) is 8.52. The fraction of sp³-hybridized carbons (Fsp3) is 0.474. The predicted octanol–water partition coefficient (Wildman–Crippen LogP) is 3.36. The molecule has 3 atom stereocenters. The summed E-state index contributed by atoms with van der Waals surface area (Å²) in [6.07, 6.45) is 7.71. The smallest absolute Gasteiger partial charge is 0.224 e. The van der Waals surface area contributed by atoms with Crippen molar-refractivity contribution in [2.45, 2.75) is 45.6 Å². The fourth-order valence-corrected chi connectivity index (χ4v) is 3.42. The number of rotatable bonds is 4. The van der Waals surface area contributed by atoms with E-state index in [1.807, 2.05) is 41.2 Å². The number of nitrogens with one attached hydrogen (secondary N) is 1. The van der Waals surface area contributed by atoms with Crippen molar-refractivity contribution in [1.29, 1.82) is 0 Å². The van der Waals surface area contributed by atoms with Gasteiger partial charge in [-0.15, -0.1) is 0 Å². The molecule has 0 radical (unpaired) electrons. The largest absolute Gasteiger partial charge is 0.353 e. The molecule has 1 aliphatic carbocycles. The molecule has 4 nitrogen and oxygen atoms in total. The molecule has 1 saturated carbocycles. The number of carbonyl (C=O) groups is 1. The Morgan fingerprint density at radius 2 is 2.04 bits per heavy atom. The van der Waals surface area contributed by atoms with Crippen molar-refractivity contribution in [1.82, 2.24) is 15.1 Å². The van der Waals surface area contributed by atoms with Crippen molar-refractivity contribution in [2.24, 2.45) is 11.8 Å². The number of aromatic nitrogens is 2. The van der Waals surface area contributed by atoms with Gasteiger partial charge in [-0.05, 0) is 42.0 Å². The average Bonchev–Trinajstić information content (AvgIpc) is 3.07. The summed E-state index contributed by atoms with van der Waals surface area (Å²) in [6, 6.07) is 10.2. The van der Waals surface area contributed by atoms with Crippen molar-refractivity contribution in [3.63, 3.8) is 0 Å². The maximum Gasteiger partial charge on any atom is 0.224 e. The standard InChI is InChI=1S/C19H25N3O/c1-14-5-3-6-18(15(14)2)21-19(23)13-16-7-9-17(10-8-16)22-12-4-11-20-22/h4,7-12,14-15,18H,3,5-6,13H2,1-2H3,(H,21,23)/t14-,15-,18-/m1/s1. The number of nitrogens with zero attached hydrogens (tertiary/aromatic N) is 2. The first-order chi connectivity index (χ1) is 11.1. The lowest BCUT2D eigenvalue weighted by molar-refractivity contribution is -0.121. The number of hydrogen-bond acceptors (Lipinski definition) is 2. The minimum atomic E-state index is 0.128. The third kappa shape index (κ3) is 3.81. The van der Waals surface area contributed by atoms with Crippen LogP contribution in [0.3, 0.4) is 0 Å². The molecule has 2 aromatic rings. The number of hydrogen-bond donors (Lipinski definition) is 1. The summed E-state index contributed by atoms with van der Waals surface area (Å²) in [7, 11) is 0. The van der Waals surface area contributed by atoms with Gasteiger partial charge >= 0.3 is 0 Å². The van der Waals surface area contributed by atoms with Crippen LogP contribution in [0.2, 0.25) is 0 Å². The number of amides is 1. The fourth-order valence-electron chi connectivity index (χ4n) is 3.42. The highest BCUT2D eigenvalue weighted by molar-refractivity contribution is 5.79. The van der Waals surface area contributed by atoms with Crippen LogP contribution in [-0.4, -0.2) is 21.7 Å². The molecule has 1 amide bonds. The topological polar surface area (TPSA) is 46.9 Å². The van der Waals surface area contributed by atoms with Gasteiger partial charge in [0.1, 0.15) is 0 Å². The lowest BCUT2D eigenvalue weighted by atomic mass is 9.78. The molecule has 0 bridgehead atoms. The zero-order chi connectivity index (χ0) is 16.2. The molecule has 0 spiro atoms. The second-order valence-electron chi connectivity index (χ2n) is 6.74. The SMILES string of the molecule is C[C@@H]1[C@H](C)CCC[C@H]1NC(=O)Cc1ccc(-n2cccn2)cc1. The van der Waals surface area contributed by atoms with Gasteiger partial charge in [-0.2, -0.15) is 5.10 Å². The van der Waals surface area contributed by atoms with E-state index in [0.29, 0.717) is 24.3 Å². The second kappa shape index (κ2) is 6.99. The van der Waals surface area contributed by atoms with Gasteiger partial charge < -0.3 is 5.32 Å². The number of benzene rings is 1. The molecule has 4 heteroatoms. The summed E-state index contributed by atoms with van der Waals surface area (Å²) in [6.45, 7) is 4.55. The van der Waals surface area contributed by atoms with Crippen LogP contribution in [0, 0.1) is 11.8 Å². The van der Waals surface area contributed by atoms with Gasteiger partial charge in [0, 0.05) is 18.4 Å². The van der Waals surface area contributed by atoms with E-state index in [9.17, 15) is 4.79 Å². The molecule has 1 aliphatic rings. The normalized spacial score (nSPS) is 24.3. The zero-order valence-electron chi connectivity index (χ0n) is 13.9. The summed E-state index contributed by atoms with van der Waals surface area (Å²) < 4.78 is 1.81. The van der Waals surface area contributed by atoms with E-state index in [1.165, 1.54) is 12.8 Å². The summed E-state index contributed by atoms with van der Waals surface area (Å²) in [5.41, 5.74) is 2.05. The van der Waals surface area contributed by atoms with Crippen molar-refractivity contribution in [2.75, 3.05) is 0 Å². The van der Waals surface area contributed by atoms with Crippen LogP contribution in [-0.2, 0) is 11.2 Å². The van der Waals surface area contributed by atoms with E-state index in [-0.39, 0.29) is 5.91 Å². The van der Waals surface area contributed by atoms with E-state index < -0.39 is 0 Å².